The first-order valence-corrected chi connectivity index (χ1v) is 10.8. The number of amides is 3. The molecule has 2 aromatic carbocycles. The van der Waals surface area contributed by atoms with E-state index < -0.39 is 6.10 Å². The highest BCUT2D eigenvalue weighted by atomic mass is 32.2. The van der Waals surface area contributed by atoms with Gasteiger partial charge in [-0.1, -0.05) is 42.5 Å². The Morgan fingerprint density at radius 1 is 1.10 bits per heavy atom. The van der Waals surface area contributed by atoms with E-state index >= 15 is 0 Å². The zero-order chi connectivity index (χ0) is 20.6. The van der Waals surface area contributed by atoms with E-state index in [-0.39, 0.29) is 17.9 Å². The third kappa shape index (κ3) is 5.98. The summed E-state index contributed by atoms with van der Waals surface area (Å²) < 4.78 is 0. The normalized spacial score (nSPS) is 15.7. The summed E-state index contributed by atoms with van der Waals surface area (Å²) in [5, 5.41) is 13.6. The maximum atomic E-state index is 12.7. The number of carbonyl (C=O) groups is 2. The number of aliphatic hydroxyl groups excluding tert-OH is 1. The molecule has 1 atom stereocenters. The summed E-state index contributed by atoms with van der Waals surface area (Å²) in [5.74, 6) is 0.392. The maximum Gasteiger partial charge on any atom is 0.321 e. The topological polar surface area (TPSA) is 95.7 Å². The maximum absolute atomic E-state index is 12.7. The van der Waals surface area contributed by atoms with E-state index in [9.17, 15) is 14.7 Å². The monoisotopic (exact) mass is 413 g/mol. The fourth-order valence-electron chi connectivity index (χ4n) is 3.49. The number of benzene rings is 2. The minimum Gasteiger partial charge on any atom is -0.388 e. The van der Waals surface area contributed by atoms with Crippen molar-refractivity contribution in [1.29, 1.82) is 0 Å². The Kier molecular flexibility index (Phi) is 7.55. The molecule has 1 fully saturated rings. The second-order valence-electron chi connectivity index (χ2n) is 7.17. The summed E-state index contributed by atoms with van der Waals surface area (Å²) in [5.41, 5.74) is 6.86. The number of urea groups is 1. The molecule has 2 aromatic rings. The van der Waals surface area contributed by atoms with Gasteiger partial charge in [0.25, 0.3) is 0 Å². The summed E-state index contributed by atoms with van der Waals surface area (Å²) in [4.78, 5) is 26.4. The summed E-state index contributed by atoms with van der Waals surface area (Å²) in [6, 6.07) is 17.1. The lowest BCUT2D eigenvalue weighted by Crippen LogP contribution is -2.42. The number of hydrogen-bond acceptors (Lipinski definition) is 4. The highest BCUT2D eigenvalue weighted by molar-refractivity contribution is 7.99. The zero-order valence-electron chi connectivity index (χ0n) is 16.3. The number of primary amides is 1. The number of nitrogens with zero attached hydrogens (tertiary/aromatic N) is 1. The number of hydrogen-bond donors (Lipinski definition) is 3. The predicted octanol–water partition coefficient (Wildman–Crippen LogP) is 3.63. The number of rotatable bonds is 7. The van der Waals surface area contributed by atoms with Gasteiger partial charge in [-0.15, -0.1) is 11.8 Å². The highest BCUT2D eigenvalue weighted by Gasteiger charge is 2.28. The van der Waals surface area contributed by atoms with Crippen molar-refractivity contribution in [2.45, 2.75) is 30.3 Å². The average Bonchev–Trinajstić information content (AvgIpc) is 2.75. The molecule has 1 heterocycles. The zero-order valence-corrected chi connectivity index (χ0v) is 17.1. The molecule has 6 nitrogen and oxygen atoms in total. The summed E-state index contributed by atoms with van der Waals surface area (Å²) >= 11 is 1.50. The second kappa shape index (κ2) is 10.3. The Morgan fingerprint density at radius 2 is 1.76 bits per heavy atom. The molecule has 29 heavy (non-hydrogen) atoms. The third-order valence-electron chi connectivity index (χ3n) is 5.15. The van der Waals surface area contributed by atoms with Gasteiger partial charge in [-0.25, -0.2) is 4.79 Å². The molecular formula is C22H27N3O3S. The van der Waals surface area contributed by atoms with Gasteiger partial charge in [0.1, 0.15) is 0 Å². The Labute approximate surface area is 175 Å². The van der Waals surface area contributed by atoms with Crippen molar-refractivity contribution in [3.8, 4) is 0 Å². The van der Waals surface area contributed by atoms with Crippen LogP contribution in [-0.4, -0.2) is 40.8 Å². The SMILES string of the molecule is NC(=O)CCSc1ccccc1NC(=O)N1CCC(C(O)c2ccccc2)CC1. The summed E-state index contributed by atoms with van der Waals surface area (Å²) in [7, 11) is 0. The number of nitrogens with two attached hydrogens (primary N) is 1. The van der Waals surface area contributed by atoms with Gasteiger partial charge in [0.05, 0.1) is 11.8 Å². The van der Waals surface area contributed by atoms with Crippen LogP contribution in [0.3, 0.4) is 0 Å². The number of piperidine rings is 1. The van der Waals surface area contributed by atoms with E-state index in [0.29, 0.717) is 25.3 Å². The lowest BCUT2D eigenvalue weighted by molar-refractivity contribution is -0.117. The van der Waals surface area contributed by atoms with Gasteiger partial charge in [-0.05, 0) is 36.5 Å². The predicted molar refractivity (Wildman–Crippen MR) is 116 cm³/mol. The van der Waals surface area contributed by atoms with Gasteiger partial charge in [0.15, 0.2) is 0 Å². The Morgan fingerprint density at radius 3 is 2.45 bits per heavy atom. The molecule has 0 saturated carbocycles. The molecule has 1 aliphatic heterocycles. The van der Waals surface area contributed by atoms with Crippen molar-refractivity contribution < 1.29 is 14.7 Å². The van der Waals surface area contributed by atoms with Crippen LogP contribution in [-0.2, 0) is 4.79 Å². The molecule has 3 rings (SSSR count). The van der Waals surface area contributed by atoms with E-state index in [4.69, 9.17) is 5.73 Å². The summed E-state index contributed by atoms with van der Waals surface area (Å²) in [6.45, 7) is 1.22. The van der Waals surface area contributed by atoms with Gasteiger partial charge < -0.3 is 21.1 Å². The lowest BCUT2D eigenvalue weighted by atomic mass is 9.87. The van der Waals surface area contributed by atoms with Gasteiger partial charge in [0, 0.05) is 30.2 Å². The van der Waals surface area contributed by atoms with Crippen molar-refractivity contribution in [3.05, 3.63) is 60.2 Å². The lowest BCUT2D eigenvalue weighted by Gasteiger charge is -2.34. The van der Waals surface area contributed by atoms with Crippen molar-refractivity contribution in [2.24, 2.45) is 11.7 Å². The Balaban J connectivity index is 1.53. The van der Waals surface area contributed by atoms with E-state index in [1.807, 2.05) is 54.6 Å². The number of anilines is 1. The van der Waals surface area contributed by atoms with Crippen LogP contribution in [0.25, 0.3) is 0 Å². The number of carbonyl (C=O) groups excluding carboxylic acids is 2. The van der Waals surface area contributed by atoms with Crippen LogP contribution in [0.15, 0.2) is 59.5 Å². The van der Waals surface area contributed by atoms with Crippen LogP contribution in [0.2, 0.25) is 0 Å². The number of aliphatic hydroxyl groups is 1. The van der Waals surface area contributed by atoms with Crippen LogP contribution in [0.1, 0.15) is 30.9 Å². The van der Waals surface area contributed by atoms with Gasteiger partial charge in [0.2, 0.25) is 5.91 Å². The van der Waals surface area contributed by atoms with Crippen molar-refractivity contribution >= 4 is 29.4 Å². The van der Waals surface area contributed by atoms with Crippen LogP contribution in [0.4, 0.5) is 10.5 Å². The number of para-hydroxylation sites is 1. The van der Waals surface area contributed by atoms with Crippen LogP contribution in [0.5, 0.6) is 0 Å². The fraction of sp³-hybridized carbons (Fsp3) is 0.364. The van der Waals surface area contributed by atoms with Crippen molar-refractivity contribution in [1.82, 2.24) is 4.90 Å². The number of nitrogens with one attached hydrogen (secondary N) is 1. The minimum atomic E-state index is -0.496. The quantitative estimate of drug-likeness (QED) is 0.604. The first-order valence-electron chi connectivity index (χ1n) is 9.83. The number of thioether (sulfide) groups is 1. The van der Waals surface area contributed by atoms with Crippen LogP contribution < -0.4 is 11.1 Å². The Hall–Kier alpha value is -2.51. The molecule has 0 aliphatic carbocycles. The average molecular weight is 414 g/mol. The Bertz CT molecular complexity index is 823. The minimum absolute atomic E-state index is 0.138. The fourth-order valence-corrected chi connectivity index (χ4v) is 4.46. The second-order valence-corrected chi connectivity index (χ2v) is 8.31. The van der Waals surface area contributed by atoms with E-state index in [1.54, 1.807) is 4.90 Å². The standard InChI is InChI=1S/C22H27N3O3S/c23-20(26)12-15-29-19-9-5-4-8-18(19)24-22(28)25-13-10-17(11-14-25)21(27)16-6-2-1-3-7-16/h1-9,17,21,27H,10-15H2,(H2,23,26)(H,24,28). The summed E-state index contributed by atoms with van der Waals surface area (Å²) in [6.07, 6.45) is 1.32. The van der Waals surface area contributed by atoms with E-state index in [0.717, 1.165) is 29.0 Å². The van der Waals surface area contributed by atoms with Crippen molar-refractivity contribution in [2.75, 3.05) is 24.2 Å². The molecule has 0 radical (unpaired) electrons. The highest BCUT2D eigenvalue weighted by Crippen LogP contribution is 2.31. The molecule has 154 valence electrons. The van der Waals surface area contributed by atoms with Crippen LogP contribution in [0, 0.1) is 5.92 Å². The molecule has 0 bridgehead atoms. The van der Waals surface area contributed by atoms with Gasteiger partial charge in [-0.2, -0.15) is 0 Å². The van der Waals surface area contributed by atoms with E-state index in [2.05, 4.69) is 5.32 Å². The molecule has 7 heteroatoms. The third-order valence-corrected chi connectivity index (χ3v) is 6.22. The first kappa shape index (κ1) is 21.2. The smallest absolute Gasteiger partial charge is 0.321 e. The molecule has 4 N–H and O–H groups in total. The molecular weight excluding hydrogens is 386 g/mol. The van der Waals surface area contributed by atoms with Crippen molar-refractivity contribution in [3.63, 3.8) is 0 Å². The molecule has 1 aliphatic rings. The molecule has 0 spiro atoms. The molecule has 1 saturated heterocycles. The molecule has 3 amide bonds. The van der Waals surface area contributed by atoms with Gasteiger partial charge >= 0.3 is 6.03 Å². The van der Waals surface area contributed by atoms with Crippen LogP contribution >= 0.6 is 11.8 Å². The first-order chi connectivity index (χ1) is 14.0. The van der Waals surface area contributed by atoms with Gasteiger partial charge in [-0.3, -0.25) is 4.79 Å². The molecule has 1 unspecified atom stereocenters. The largest absolute Gasteiger partial charge is 0.388 e. The van der Waals surface area contributed by atoms with E-state index in [1.165, 1.54) is 11.8 Å². The number of likely N-dealkylation sites (tertiary alicyclic amines) is 1. The molecule has 0 aromatic heterocycles.